The van der Waals surface area contributed by atoms with E-state index in [2.05, 4.69) is 15.3 Å². The van der Waals surface area contributed by atoms with Crippen molar-refractivity contribution in [2.45, 2.75) is 32.4 Å². The summed E-state index contributed by atoms with van der Waals surface area (Å²) in [6, 6.07) is 9.96. The third-order valence-corrected chi connectivity index (χ3v) is 4.91. The van der Waals surface area contributed by atoms with E-state index in [-0.39, 0.29) is 11.9 Å². The van der Waals surface area contributed by atoms with Crippen LogP contribution in [0.3, 0.4) is 0 Å². The van der Waals surface area contributed by atoms with Crippen molar-refractivity contribution in [2.24, 2.45) is 0 Å². The molecule has 5 nitrogen and oxygen atoms in total. The van der Waals surface area contributed by atoms with Gasteiger partial charge in [-0.2, -0.15) is 0 Å². The van der Waals surface area contributed by atoms with Crippen LogP contribution in [0.15, 0.2) is 54.6 Å². The molecule has 0 bridgehead atoms. The molecule has 0 aliphatic carbocycles. The minimum atomic E-state index is -0.0737. The predicted octanol–water partition coefficient (Wildman–Crippen LogP) is 3.14. The number of carbonyl (C=O) groups is 1. The summed E-state index contributed by atoms with van der Waals surface area (Å²) in [7, 11) is 0. The molecular weight excluding hydrogens is 320 g/mol. The molecule has 0 radical (unpaired) electrons. The first-order valence-electron chi connectivity index (χ1n) is 7.91. The maximum absolute atomic E-state index is 12.4. The average molecular weight is 340 g/mol. The summed E-state index contributed by atoms with van der Waals surface area (Å²) in [4.78, 5) is 21.9. The minimum absolute atomic E-state index is 0.0526. The van der Waals surface area contributed by atoms with Gasteiger partial charge in [0.15, 0.2) is 0 Å². The van der Waals surface area contributed by atoms with Gasteiger partial charge in [0.1, 0.15) is 0 Å². The van der Waals surface area contributed by atoms with Gasteiger partial charge in [-0.3, -0.25) is 4.79 Å². The zero-order valence-electron chi connectivity index (χ0n) is 13.6. The van der Waals surface area contributed by atoms with E-state index in [0.29, 0.717) is 13.0 Å². The van der Waals surface area contributed by atoms with Crippen molar-refractivity contribution in [3.05, 3.63) is 70.7 Å². The van der Waals surface area contributed by atoms with Crippen molar-refractivity contribution in [3.8, 4) is 0 Å². The van der Waals surface area contributed by atoms with E-state index in [1.807, 2.05) is 53.5 Å². The van der Waals surface area contributed by atoms with Gasteiger partial charge in [0.2, 0.25) is 5.91 Å². The van der Waals surface area contributed by atoms with Crippen LogP contribution in [0.25, 0.3) is 0 Å². The van der Waals surface area contributed by atoms with E-state index in [0.717, 1.165) is 17.7 Å². The molecule has 0 unspecified atom stereocenters. The molecule has 1 aromatic carbocycles. The lowest BCUT2D eigenvalue weighted by Crippen LogP contribution is -2.31. The number of benzene rings is 1. The van der Waals surface area contributed by atoms with Gasteiger partial charge in [0.25, 0.3) is 0 Å². The Morgan fingerprint density at radius 2 is 2.17 bits per heavy atom. The van der Waals surface area contributed by atoms with Crippen molar-refractivity contribution >= 4 is 17.2 Å². The first-order chi connectivity index (χ1) is 11.7. The minimum Gasteiger partial charge on any atom is -0.347 e. The zero-order chi connectivity index (χ0) is 16.8. The van der Waals surface area contributed by atoms with Crippen molar-refractivity contribution in [3.63, 3.8) is 0 Å². The second kappa shape index (κ2) is 7.88. The van der Waals surface area contributed by atoms with Crippen molar-refractivity contribution < 1.29 is 4.79 Å². The summed E-state index contributed by atoms with van der Waals surface area (Å²) in [5, 5.41) is 3.15. The van der Waals surface area contributed by atoms with E-state index in [1.165, 1.54) is 4.88 Å². The van der Waals surface area contributed by atoms with Crippen LogP contribution in [0.4, 0.5) is 0 Å². The summed E-state index contributed by atoms with van der Waals surface area (Å²) in [6.07, 6.45) is 6.62. The van der Waals surface area contributed by atoms with E-state index in [9.17, 15) is 4.79 Å². The molecule has 124 valence electrons. The molecule has 0 saturated carbocycles. The lowest BCUT2D eigenvalue weighted by atomic mass is 10.1. The third kappa shape index (κ3) is 4.29. The second-order valence-electron chi connectivity index (χ2n) is 5.65. The summed E-state index contributed by atoms with van der Waals surface area (Å²) < 4.78 is 1.98. The van der Waals surface area contributed by atoms with E-state index >= 15 is 0 Å². The molecule has 3 aromatic rings. The number of imidazole rings is 1. The van der Waals surface area contributed by atoms with Crippen LogP contribution in [-0.2, 0) is 17.8 Å². The van der Waals surface area contributed by atoms with E-state index < -0.39 is 0 Å². The van der Waals surface area contributed by atoms with Gasteiger partial charge >= 0.3 is 0 Å². The highest BCUT2D eigenvalue weighted by molar-refractivity contribution is 7.09. The molecule has 0 aliphatic rings. The maximum atomic E-state index is 12.4. The Balaban J connectivity index is 1.64. The first kappa shape index (κ1) is 16.4. The predicted molar refractivity (Wildman–Crippen MR) is 94.7 cm³/mol. The third-order valence-electron chi connectivity index (χ3n) is 3.91. The lowest BCUT2D eigenvalue weighted by molar-refractivity contribution is -0.121. The molecule has 6 heteroatoms. The molecule has 0 spiro atoms. The van der Waals surface area contributed by atoms with Gasteiger partial charge in [-0.1, -0.05) is 30.3 Å². The number of nitrogens with one attached hydrogen (secondary N) is 1. The number of hydrogen-bond acceptors (Lipinski definition) is 4. The SMILES string of the molecule is Cc1ncsc1CCC(=O)N[C@@H](Cn1ccnc1)c1ccccc1. The monoisotopic (exact) mass is 340 g/mol. The van der Waals surface area contributed by atoms with Crippen LogP contribution in [-0.4, -0.2) is 20.4 Å². The molecule has 1 amide bonds. The van der Waals surface area contributed by atoms with Gasteiger partial charge in [-0.05, 0) is 18.9 Å². The molecule has 0 aliphatic heterocycles. The van der Waals surface area contributed by atoms with Crippen LogP contribution in [0.2, 0.25) is 0 Å². The normalized spacial score (nSPS) is 12.0. The number of thiazole rings is 1. The van der Waals surface area contributed by atoms with Gasteiger partial charge in [-0.15, -0.1) is 11.3 Å². The Morgan fingerprint density at radius 3 is 2.83 bits per heavy atom. The number of aryl methyl sites for hydroxylation is 2. The lowest BCUT2D eigenvalue weighted by Gasteiger charge is -2.20. The Bertz CT molecular complexity index is 767. The van der Waals surface area contributed by atoms with Crippen LogP contribution >= 0.6 is 11.3 Å². The largest absolute Gasteiger partial charge is 0.347 e. The summed E-state index contributed by atoms with van der Waals surface area (Å²) in [6.45, 7) is 2.64. The van der Waals surface area contributed by atoms with Crippen molar-refractivity contribution in [2.75, 3.05) is 0 Å². The van der Waals surface area contributed by atoms with E-state index in [1.54, 1.807) is 23.9 Å². The summed E-state index contributed by atoms with van der Waals surface area (Å²) in [5.74, 6) is 0.0526. The fraction of sp³-hybridized carbons (Fsp3) is 0.278. The zero-order valence-corrected chi connectivity index (χ0v) is 14.4. The quantitative estimate of drug-likeness (QED) is 0.719. The standard InChI is InChI=1S/C18H20N4OS/c1-14-17(24-13-20-14)7-8-18(23)21-16(11-22-10-9-19-12-22)15-5-3-2-4-6-15/h2-6,9-10,12-13,16H,7-8,11H2,1H3,(H,21,23)/t16-/m0/s1. The van der Waals surface area contributed by atoms with Gasteiger partial charge in [-0.25, -0.2) is 9.97 Å². The van der Waals surface area contributed by atoms with Crippen molar-refractivity contribution in [1.82, 2.24) is 19.9 Å². The molecule has 1 N–H and O–H groups in total. The Hall–Kier alpha value is -2.47. The topological polar surface area (TPSA) is 59.8 Å². The summed E-state index contributed by atoms with van der Waals surface area (Å²) >= 11 is 1.61. The number of carbonyl (C=O) groups excluding carboxylic acids is 1. The Kier molecular flexibility index (Phi) is 5.38. The number of amides is 1. The number of aromatic nitrogens is 3. The average Bonchev–Trinajstić information content (AvgIpc) is 3.25. The van der Waals surface area contributed by atoms with Crippen molar-refractivity contribution in [1.29, 1.82) is 0 Å². The Labute approximate surface area is 145 Å². The van der Waals surface area contributed by atoms with Gasteiger partial charge in [0.05, 0.1) is 23.6 Å². The van der Waals surface area contributed by atoms with Crippen LogP contribution in [0.5, 0.6) is 0 Å². The van der Waals surface area contributed by atoms with Crippen LogP contribution < -0.4 is 5.32 Å². The second-order valence-corrected chi connectivity index (χ2v) is 6.59. The fourth-order valence-electron chi connectivity index (χ4n) is 2.58. The first-order valence-corrected chi connectivity index (χ1v) is 8.79. The molecular formula is C18H20N4OS. The highest BCUT2D eigenvalue weighted by Crippen LogP contribution is 2.17. The van der Waals surface area contributed by atoms with Gasteiger partial charge < -0.3 is 9.88 Å². The van der Waals surface area contributed by atoms with Crippen LogP contribution in [0, 0.1) is 6.92 Å². The number of hydrogen-bond donors (Lipinski definition) is 1. The Morgan fingerprint density at radius 1 is 1.33 bits per heavy atom. The maximum Gasteiger partial charge on any atom is 0.220 e. The highest BCUT2D eigenvalue weighted by Gasteiger charge is 2.15. The molecule has 2 aromatic heterocycles. The molecule has 1 atom stereocenters. The molecule has 3 rings (SSSR count). The molecule has 0 saturated heterocycles. The fourth-order valence-corrected chi connectivity index (χ4v) is 3.37. The van der Waals surface area contributed by atoms with Gasteiger partial charge in [0, 0.05) is 30.2 Å². The highest BCUT2D eigenvalue weighted by atomic mass is 32.1. The van der Waals surface area contributed by atoms with Crippen LogP contribution in [0.1, 0.15) is 28.6 Å². The molecule has 24 heavy (non-hydrogen) atoms. The van der Waals surface area contributed by atoms with E-state index in [4.69, 9.17) is 0 Å². The number of rotatable bonds is 7. The molecule has 0 fully saturated rings. The number of nitrogens with zero attached hydrogens (tertiary/aromatic N) is 3. The summed E-state index contributed by atoms with van der Waals surface area (Å²) in [5.41, 5.74) is 3.94. The molecule has 2 heterocycles. The smallest absolute Gasteiger partial charge is 0.220 e.